The lowest BCUT2D eigenvalue weighted by atomic mass is 10.2. The summed E-state index contributed by atoms with van der Waals surface area (Å²) >= 11 is 0. The van der Waals surface area contributed by atoms with Gasteiger partial charge < -0.3 is 26.5 Å². The number of amidine groups is 1. The first-order chi connectivity index (χ1) is 7.67. The number of hydrogen-bond acceptors (Lipinski definition) is 6. The van der Waals surface area contributed by atoms with Crippen LogP contribution in [0.4, 0.5) is 5.82 Å². The van der Waals surface area contributed by atoms with Crippen molar-refractivity contribution >= 4 is 11.7 Å². The van der Waals surface area contributed by atoms with Crippen molar-refractivity contribution in [2.45, 2.75) is 6.10 Å². The minimum Gasteiger partial charge on any atom is -0.409 e. The fourth-order valence-corrected chi connectivity index (χ4v) is 0.995. The molecule has 0 saturated heterocycles. The van der Waals surface area contributed by atoms with E-state index in [-0.39, 0.29) is 19.0 Å². The van der Waals surface area contributed by atoms with Gasteiger partial charge in [-0.15, -0.1) is 0 Å². The molecule has 1 atom stereocenters. The number of pyridine rings is 1. The third-order valence-corrected chi connectivity index (χ3v) is 1.90. The Morgan fingerprint density at radius 1 is 1.56 bits per heavy atom. The summed E-state index contributed by atoms with van der Waals surface area (Å²) in [4.78, 5) is 3.98. The number of aliphatic hydroxyl groups excluding tert-OH is 2. The molecule has 0 amide bonds. The first kappa shape index (κ1) is 12.2. The van der Waals surface area contributed by atoms with Crippen molar-refractivity contribution in [3.05, 3.63) is 23.9 Å². The van der Waals surface area contributed by atoms with Crippen molar-refractivity contribution in [1.29, 1.82) is 0 Å². The number of nitrogens with two attached hydrogens (primary N) is 1. The molecule has 0 aliphatic heterocycles. The van der Waals surface area contributed by atoms with Crippen LogP contribution in [-0.4, -0.2) is 45.5 Å². The Morgan fingerprint density at radius 3 is 2.81 bits per heavy atom. The second-order valence-corrected chi connectivity index (χ2v) is 3.13. The molecule has 0 aliphatic carbocycles. The number of anilines is 1. The smallest absolute Gasteiger partial charge is 0.171 e. The van der Waals surface area contributed by atoms with Crippen LogP contribution in [0.5, 0.6) is 0 Å². The summed E-state index contributed by atoms with van der Waals surface area (Å²) in [5.41, 5.74) is 5.85. The molecule has 1 unspecified atom stereocenters. The van der Waals surface area contributed by atoms with Gasteiger partial charge in [0.05, 0.1) is 12.7 Å². The summed E-state index contributed by atoms with van der Waals surface area (Å²) in [6.45, 7) is -0.110. The van der Waals surface area contributed by atoms with Gasteiger partial charge in [0.25, 0.3) is 0 Å². The maximum absolute atomic E-state index is 9.09. The minimum absolute atomic E-state index is 0.0190. The fraction of sp³-hybridized carbons (Fsp3) is 0.333. The predicted molar refractivity (Wildman–Crippen MR) is 58.3 cm³/mol. The van der Waals surface area contributed by atoms with Crippen LogP contribution in [0, 0.1) is 0 Å². The van der Waals surface area contributed by atoms with E-state index in [1.54, 1.807) is 12.1 Å². The molecule has 0 bridgehead atoms. The van der Waals surface area contributed by atoms with Gasteiger partial charge in [0.2, 0.25) is 0 Å². The minimum atomic E-state index is -0.828. The van der Waals surface area contributed by atoms with Crippen LogP contribution < -0.4 is 11.1 Å². The Hall–Kier alpha value is -1.86. The average molecular weight is 226 g/mol. The van der Waals surface area contributed by atoms with E-state index >= 15 is 0 Å². The highest BCUT2D eigenvalue weighted by Gasteiger charge is 2.03. The quantitative estimate of drug-likeness (QED) is 0.189. The molecule has 0 saturated carbocycles. The molecule has 88 valence electrons. The molecule has 0 aromatic carbocycles. The van der Waals surface area contributed by atoms with Gasteiger partial charge in [0.15, 0.2) is 5.84 Å². The van der Waals surface area contributed by atoms with Crippen molar-refractivity contribution in [2.24, 2.45) is 10.9 Å². The van der Waals surface area contributed by atoms with E-state index in [4.69, 9.17) is 21.2 Å². The van der Waals surface area contributed by atoms with E-state index in [1.165, 1.54) is 6.20 Å². The summed E-state index contributed by atoms with van der Waals surface area (Å²) in [5, 5.41) is 31.8. The second kappa shape index (κ2) is 5.89. The van der Waals surface area contributed by atoms with E-state index in [0.717, 1.165) is 0 Å². The van der Waals surface area contributed by atoms with Crippen molar-refractivity contribution in [1.82, 2.24) is 4.98 Å². The summed E-state index contributed by atoms with van der Waals surface area (Å²) in [7, 11) is 0. The van der Waals surface area contributed by atoms with Crippen LogP contribution >= 0.6 is 0 Å². The molecule has 0 radical (unpaired) electrons. The van der Waals surface area contributed by atoms with E-state index in [1.807, 2.05) is 0 Å². The van der Waals surface area contributed by atoms with Crippen LogP contribution in [0.15, 0.2) is 23.5 Å². The summed E-state index contributed by atoms with van der Waals surface area (Å²) in [5.74, 6) is 0.511. The van der Waals surface area contributed by atoms with Crippen molar-refractivity contribution in [3.63, 3.8) is 0 Å². The Balaban J connectivity index is 2.58. The third-order valence-electron chi connectivity index (χ3n) is 1.90. The number of aromatic nitrogens is 1. The second-order valence-electron chi connectivity index (χ2n) is 3.13. The topological polar surface area (TPSA) is 124 Å². The molecular formula is C9H14N4O3. The molecule has 0 aliphatic rings. The summed E-state index contributed by atoms with van der Waals surface area (Å²) in [6.07, 6.45) is 0.605. The molecule has 6 N–H and O–H groups in total. The monoisotopic (exact) mass is 226 g/mol. The van der Waals surface area contributed by atoms with Crippen LogP contribution in [0.25, 0.3) is 0 Å². The molecule has 1 aromatic heterocycles. The molecule has 1 aromatic rings. The van der Waals surface area contributed by atoms with E-state index < -0.39 is 6.10 Å². The number of hydrogen-bond donors (Lipinski definition) is 5. The molecule has 1 rings (SSSR count). The highest BCUT2D eigenvalue weighted by atomic mass is 16.4. The highest BCUT2D eigenvalue weighted by Crippen LogP contribution is 2.04. The van der Waals surface area contributed by atoms with Crippen molar-refractivity contribution in [3.8, 4) is 0 Å². The number of rotatable bonds is 5. The molecule has 7 nitrogen and oxygen atoms in total. The molecule has 7 heteroatoms. The summed E-state index contributed by atoms with van der Waals surface area (Å²) in [6, 6.07) is 3.24. The lowest BCUT2D eigenvalue weighted by Crippen LogP contribution is -2.23. The van der Waals surface area contributed by atoms with Crippen molar-refractivity contribution < 1.29 is 15.4 Å². The Labute approximate surface area is 92.2 Å². The molecule has 0 fully saturated rings. The molecule has 1 heterocycles. The lowest BCUT2D eigenvalue weighted by molar-refractivity contribution is 0.105. The number of aliphatic hydroxyl groups is 2. The standard InChI is InChI=1S/C9H14N4O3/c10-9(13-16)6-1-2-8(11-3-6)12-4-7(15)5-14/h1-3,7,14-16H,4-5H2,(H2,10,13)(H,11,12). The van der Waals surface area contributed by atoms with Crippen LogP contribution in [0.2, 0.25) is 0 Å². The maximum atomic E-state index is 9.09. The van der Waals surface area contributed by atoms with Crippen LogP contribution in [0.1, 0.15) is 5.56 Å². The first-order valence-corrected chi connectivity index (χ1v) is 4.64. The zero-order valence-corrected chi connectivity index (χ0v) is 8.54. The van der Waals surface area contributed by atoms with Crippen LogP contribution in [-0.2, 0) is 0 Å². The van der Waals surface area contributed by atoms with Gasteiger partial charge in [0, 0.05) is 18.3 Å². The van der Waals surface area contributed by atoms with Gasteiger partial charge in [-0.25, -0.2) is 4.98 Å². The van der Waals surface area contributed by atoms with Gasteiger partial charge >= 0.3 is 0 Å². The predicted octanol–water partition coefficient (Wildman–Crippen LogP) is -1.06. The normalized spacial score (nSPS) is 13.5. The zero-order valence-electron chi connectivity index (χ0n) is 8.54. The maximum Gasteiger partial charge on any atom is 0.171 e. The van der Waals surface area contributed by atoms with Crippen LogP contribution in [0.3, 0.4) is 0 Å². The number of nitrogens with one attached hydrogen (secondary N) is 1. The van der Waals surface area contributed by atoms with Gasteiger partial charge in [0.1, 0.15) is 5.82 Å². The van der Waals surface area contributed by atoms with Gasteiger partial charge in [-0.1, -0.05) is 5.16 Å². The number of nitrogens with zero attached hydrogens (tertiary/aromatic N) is 2. The van der Waals surface area contributed by atoms with Gasteiger partial charge in [-0.05, 0) is 12.1 Å². The van der Waals surface area contributed by atoms with Gasteiger partial charge in [-0.3, -0.25) is 0 Å². The van der Waals surface area contributed by atoms with Crippen molar-refractivity contribution in [2.75, 3.05) is 18.5 Å². The largest absolute Gasteiger partial charge is 0.409 e. The SMILES string of the molecule is N/C(=N\O)c1ccc(NCC(O)CO)nc1. The first-order valence-electron chi connectivity index (χ1n) is 4.64. The average Bonchev–Trinajstić information content (AvgIpc) is 2.35. The zero-order chi connectivity index (χ0) is 12.0. The molecule has 16 heavy (non-hydrogen) atoms. The van der Waals surface area contributed by atoms with E-state index in [0.29, 0.717) is 11.4 Å². The number of oxime groups is 1. The summed E-state index contributed by atoms with van der Waals surface area (Å²) < 4.78 is 0. The molecule has 0 spiro atoms. The Kier molecular flexibility index (Phi) is 4.49. The molecular weight excluding hydrogens is 212 g/mol. The Morgan fingerprint density at radius 2 is 2.31 bits per heavy atom. The fourth-order valence-electron chi connectivity index (χ4n) is 0.995. The van der Waals surface area contributed by atoms with Gasteiger partial charge in [-0.2, -0.15) is 0 Å². The Bertz CT molecular complexity index is 352. The van der Waals surface area contributed by atoms with E-state index in [2.05, 4.69) is 15.5 Å². The highest BCUT2D eigenvalue weighted by molar-refractivity contribution is 5.96. The lowest BCUT2D eigenvalue weighted by Gasteiger charge is -2.09. The van der Waals surface area contributed by atoms with E-state index in [9.17, 15) is 0 Å². The third kappa shape index (κ3) is 3.37.